The minimum Gasteiger partial charge on any atom is -0.236 e. The second-order valence-corrected chi connectivity index (χ2v) is 5.29. The molecule has 1 fully saturated rings. The van der Waals surface area contributed by atoms with Crippen LogP contribution in [0.15, 0.2) is 30.3 Å². The normalized spacial score (nSPS) is 30.3. The van der Waals surface area contributed by atoms with E-state index in [1.807, 2.05) is 0 Å². The summed E-state index contributed by atoms with van der Waals surface area (Å²) in [5.74, 6) is -21.2. The molecule has 0 saturated heterocycles. The van der Waals surface area contributed by atoms with Gasteiger partial charge in [-0.1, -0.05) is 24.1 Å². The number of alkyl halides is 10. The minimum atomic E-state index is -6.90. The lowest BCUT2D eigenvalue weighted by Crippen LogP contribution is -2.79. The Balaban J connectivity index is 2.53. The number of hydrogen-bond donors (Lipinski definition) is 0. The quantitative estimate of drug-likeness (QED) is 0.449. The second kappa shape index (κ2) is 5.83. The average molecular weight is 388 g/mol. The van der Waals surface area contributed by atoms with E-state index in [4.69, 9.17) is 0 Å². The molecule has 1 aromatic carbocycles. The van der Waals surface area contributed by atoms with Crippen LogP contribution in [0.2, 0.25) is 0 Å². The molecule has 1 aliphatic carbocycles. The molecule has 26 heavy (non-hydrogen) atoms. The summed E-state index contributed by atoms with van der Waals surface area (Å²) in [5, 5.41) is 0. The van der Waals surface area contributed by atoms with Crippen molar-refractivity contribution in [3.8, 4) is 23.7 Å². The lowest BCUT2D eigenvalue weighted by molar-refractivity contribution is -0.433. The van der Waals surface area contributed by atoms with Crippen LogP contribution in [-0.4, -0.2) is 35.5 Å². The van der Waals surface area contributed by atoms with Crippen molar-refractivity contribution in [1.82, 2.24) is 0 Å². The molecule has 1 aliphatic rings. The first-order valence-electron chi connectivity index (χ1n) is 6.66. The molecule has 0 aromatic heterocycles. The largest absolute Gasteiger partial charge is 0.382 e. The maximum atomic E-state index is 14.1. The lowest BCUT2D eigenvalue weighted by Gasteiger charge is -2.48. The highest BCUT2D eigenvalue weighted by molar-refractivity contribution is 5.43. The fraction of sp³-hybridized carbons (Fsp3) is 0.375. The van der Waals surface area contributed by atoms with Crippen molar-refractivity contribution >= 4 is 0 Å². The Labute approximate surface area is 140 Å². The zero-order chi connectivity index (χ0) is 20.0. The van der Waals surface area contributed by atoms with Gasteiger partial charge in [-0.05, 0) is 29.9 Å². The Kier molecular flexibility index (Phi) is 4.48. The van der Waals surface area contributed by atoms with Crippen molar-refractivity contribution in [1.29, 1.82) is 0 Å². The van der Waals surface area contributed by atoms with E-state index in [9.17, 15) is 43.9 Å². The molecule has 2 unspecified atom stereocenters. The van der Waals surface area contributed by atoms with Crippen molar-refractivity contribution in [3.05, 3.63) is 35.9 Å². The summed E-state index contributed by atoms with van der Waals surface area (Å²) in [6.45, 7) is 0. The van der Waals surface area contributed by atoms with Crippen LogP contribution in [0, 0.1) is 23.7 Å². The first kappa shape index (κ1) is 20.0. The monoisotopic (exact) mass is 388 g/mol. The van der Waals surface area contributed by atoms with Crippen LogP contribution in [-0.2, 0) is 0 Å². The highest BCUT2D eigenvalue weighted by atomic mass is 19.4. The summed E-state index contributed by atoms with van der Waals surface area (Å²) < 4.78 is 134. The van der Waals surface area contributed by atoms with Crippen LogP contribution in [0.4, 0.5) is 43.9 Å². The zero-order valence-corrected chi connectivity index (χ0v) is 12.2. The molecule has 2 rings (SSSR count). The molecule has 0 radical (unpaired) electrons. The molecule has 0 nitrogen and oxygen atoms in total. The third-order valence-electron chi connectivity index (χ3n) is 3.62. The fourth-order valence-corrected chi connectivity index (χ4v) is 2.09. The first-order valence-corrected chi connectivity index (χ1v) is 6.66. The summed E-state index contributed by atoms with van der Waals surface area (Å²) >= 11 is 0. The van der Waals surface area contributed by atoms with Crippen LogP contribution in [0.5, 0.6) is 0 Å². The van der Waals surface area contributed by atoms with Crippen LogP contribution in [0.25, 0.3) is 0 Å². The Morgan fingerprint density at radius 3 is 1.77 bits per heavy atom. The lowest BCUT2D eigenvalue weighted by atomic mass is 9.74. The molecular formula is C16H6F10. The molecule has 0 heterocycles. The molecule has 0 aliphatic heterocycles. The second-order valence-electron chi connectivity index (χ2n) is 5.29. The van der Waals surface area contributed by atoms with Gasteiger partial charge < -0.3 is 0 Å². The smallest absolute Gasteiger partial charge is 0.236 e. The van der Waals surface area contributed by atoms with Crippen LogP contribution < -0.4 is 0 Å². The summed E-state index contributed by atoms with van der Waals surface area (Å²) in [5.41, 5.74) is -5.39. The Bertz CT molecular complexity index is 806. The molecular weight excluding hydrogens is 382 g/mol. The molecule has 140 valence electrons. The zero-order valence-electron chi connectivity index (χ0n) is 12.2. The van der Waals surface area contributed by atoms with E-state index >= 15 is 0 Å². The van der Waals surface area contributed by atoms with Gasteiger partial charge in [-0.25, -0.2) is 8.78 Å². The van der Waals surface area contributed by atoms with Crippen LogP contribution >= 0.6 is 0 Å². The van der Waals surface area contributed by atoms with Gasteiger partial charge in [0.2, 0.25) is 6.17 Å². The molecule has 10 heteroatoms. The van der Waals surface area contributed by atoms with Crippen molar-refractivity contribution in [2.75, 3.05) is 0 Å². The van der Waals surface area contributed by atoms with E-state index in [1.54, 1.807) is 12.0 Å². The van der Waals surface area contributed by atoms with Gasteiger partial charge >= 0.3 is 23.7 Å². The Morgan fingerprint density at radius 2 is 1.23 bits per heavy atom. The van der Waals surface area contributed by atoms with Gasteiger partial charge in [-0.15, -0.1) is 0 Å². The molecule has 0 bridgehead atoms. The fourth-order valence-electron chi connectivity index (χ4n) is 2.09. The van der Waals surface area contributed by atoms with E-state index in [0.29, 0.717) is 5.92 Å². The number of rotatable bonds is 0. The number of hydrogen-bond acceptors (Lipinski definition) is 0. The van der Waals surface area contributed by atoms with Crippen molar-refractivity contribution in [3.63, 3.8) is 0 Å². The van der Waals surface area contributed by atoms with E-state index in [0.717, 1.165) is 0 Å². The molecule has 2 atom stereocenters. The molecule has 0 N–H and O–H groups in total. The van der Waals surface area contributed by atoms with Gasteiger partial charge in [0.05, 0.1) is 0 Å². The molecule has 0 amide bonds. The predicted molar refractivity (Wildman–Crippen MR) is 69.6 cm³/mol. The third kappa shape index (κ3) is 2.43. The number of benzene rings is 1. The van der Waals surface area contributed by atoms with Gasteiger partial charge in [-0.3, -0.25) is 0 Å². The Hall–Kier alpha value is -2.36. The van der Waals surface area contributed by atoms with E-state index in [1.165, 1.54) is 30.2 Å². The van der Waals surface area contributed by atoms with Crippen LogP contribution in [0.1, 0.15) is 5.56 Å². The van der Waals surface area contributed by atoms with E-state index < -0.39 is 35.5 Å². The van der Waals surface area contributed by atoms with Gasteiger partial charge in [0.25, 0.3) is 5.67 Å². The van der Waals surface area contributed by atoms with Gasteiger partial charge in [0.15, 0.2) is 0 Å². The highest BCUT2D eigenvalue weighted by Gasteiger charge is 2.95. The SMILES string of the molecule is FC1C(F)(F)C(F)(F)C(F)(F)C(F)(F)C1(F)C#CC#Cc1ccccc1. The third-order valence-corrected chi connectivity index (χ3v) is 3.62. The van der Waals surface area contributed by atoms with Crippen molar-refractivity contribution in [2.45, 2.75) is 35.5 Å². The maximum absolute atomic E-state index is 14.1. The minimum absolute atomic E-state index is 0.198. The summed E-state index contributed by atoms with van der Waals surface area (Å²) in [6.07, 6.45) is -5.02. The van der Waals surface area contributed by atoms with Crippen molar-refractivity contribution in [2.24, 2.45) is 0 Å². The predicted octanol–water partition coefficient (Wildman–Crippen LogP) is 4.64. The molecule has 1 saturated carbocycles. The maximum Gasteiger partial charge on any atom is 0.382 e. The Morgan fingerprint density at radius 1 is 0.692 bits per heavy atom. The van der Waals surface area contributed by atoms with Crippen LogP contribution in [0.3, 0.4) is 0 Å². The van der Waals surface area contributed by atoms with Gasteiger partial charge in [-0.2, -0.15) is 35.1 Å². The highest BCUT2D eigenvalue weighted by Crippen LogP contribution is 2.64. The summed E-state index contributed by atoms with van der Waals surface area (Å²) in [6, 6.07) is 7.26. The summed E-state index contributed by atoms with van der Waals surface area (Å²) in [4.78, 5) is 0. The van der Waals surface area contributed by atoms with Crippen molar-refractivity contribution < 1.29 is 43.9 Å². The van der Waals surface area contributed by atoms with E-state index in [-0.39, 0.29) is 5.56 Å². The molecule has 0 spiro atoms. The first-order chi connectivity index (χ1) is 11.7. The van der Waals surface area contributed by atoms with E-state index in [2.05, 4.69) is 5.92 Å². The van der Waals surface area contributed by atoms with Gasteiger partial charge in [0, 0.05) is 5.56 Å². The topological polar surface area (TPSA) is 0 Å². The van der Waals surface area contributed by atoms with Gasteiger partial charge in [0.1, 0.15) is 0 Å². The standard InChI is InChI=1S/C16H6F10/c17-11-12(18,9-5-4-8-10-6-2-1-3-7-10)14(21,22)16(25,26)15(23,24)13(11,19)20/h1-3,6-7,11H. The summed E-state index contributed by atoms with van der Waals surface area (Å²) in [7, 11) is 0. The number of halogens is 10. The molecule has 1 aromatic rings. The average Bonchev–Trinajstić information content (AvgIpc) is 2.57.